The monoisotopic (exact) mass is 516 g/mol. The van der Waals surface area contributed by atoms with E-state index in [1.807, 2.05) is 41.3 Å². The van der Waals surface area contributed by atoms with Crippen LogP contribution in [-0.2, 0) is 4.79 Å². The van der Waals surface area contributed by atoms with Crippen molar-refractivity contribution in [3.8, 4) is 5.75 Å². The number of ether oxygens (including phenoxy) is 1. The maximum absolute atomic E-state index is 15.5. The van der Waals surface area contributed by atoms with Crippen LogP contribution in [0.25, 0.3) is 10.9 Å². The number of alkyl halides is 1. The molecular formula is C27H33FN2O3S2. The van der Waals surface area contributed by atoms with E-state index in [2.05, 4.69) is 28.9 Å². The summed E-state index contributed by atoms with van der Waals surface area (Å²) in [4.78, 5) is 19.6. The molecule has 1 aliphatic heterocycles. The maximum Gasteiger partial charge on any atom is 0.303 e. The standard InChI is InChI=1S/C27H33FN2O3S2/c1-18-3-8-27(35-18)34-14-13-30-12-10-19(20(17-30)15-26(31)32)4-6-24(28)22-9-11-29-25-7-5-21(33-2)16-23(22)25/h3,5,7-9,11,16,19-20,24H,4,6,10,12-15,17H2,1-2H3,(H,31,32)/t19-,20+,24+/m1/s1. The summed E-state index contributed by atoms with van der Waals surface area (Å²) in [7, 11) is 1.60. The summed E-state index contributed by atoms with van der Waals surface area (Å²) in [6.07, 6.45) is 2.65. The van der Waals surface area contributed by atoms with Crippen LogP contribution in [0.3, 0.4) is 0 Å². The van der Waals surface area contributed by atoms with Gasteiger partial charge in [0.05, 0.1) is 16.8 Å². The molecule has 0 spiro atoms. The number of benzene rings is 1. The topological polar surface area (TPSA) is 62.7 Å². The Balaban J connectivity index is 1.35. The van der Waals surface area contributed by atoms with E-state index in [-0.39, 0.29) is 18.3 Å². The van der Waals surface area contributed by atoms with Crippen molar-refractivity contribution in [3.63, 3.8) is 0 Å². The molecule has 0 unspecified atom stereocenters. The molecule has 2 aromatic heterocycles. The van der Waals surface area contributed by atoms with Crippen LogP contribution >= 0.6 is 23.1 Å². The Labute approximate surface area is 214 Å². The molecule has 0 amide bonds. The Morgan fingerprint density at radius 2 is 2.17 bits per heavy atom. The first-order chi connectivity index (χ1) is 16.9. The Bertz CT molecular complexity index is 1140. The van der Waals surface area contributed by atoms with Gasteiger partial charge >= 0.3 is 5.97 Å². The highest BCUT2D eigenvalue weighted by Crippen LogP contribution is 2.36. The third-order valence-corrected chi connectivity index (χ3v) is 9.10. The van der Waals surface area contributed by atoms with Crippen LogP contribution in [0.2, 0.25) is 0 Å². The van der Waals surface area contributed by atoms with E-state index in [4.69, 9.17) is 4.74 Å². The van der Waals surface area contributed by atoms with Crippen molar-refractivity contribution in [3.05, 3.63) is 53.0 Å². The van der Waals surface area contributed by atoms with Gasteiger partial charge in [-0.1, -0.05) is 0 Å². The fraction of sp³-hybridized carbons (Fsp3) is 0.481. The van der Waals surface area contributed by atoms with Crippen LogP contribution < -0.4 is 4.74 Å². The summed E-state index contributed by atoms with van der Waals surface area (Å²) in [5, 5.41) is 10.3. The third-order valence-electron chi connectivity index (χ3n) is 6.89. The van der Waals surface area contributed by atoms with Crippen LogP contribution in [0.1, 0.15) is 42.3 Å². The van der Waals surface area contributed by atoms with Crippen LogP contribution in [0.15, 0.2) is 46.8 Å². The van der Waals surface area contributed by atoms with Gasteiger partial charge in [0.2, 0.25) is 0 Å². The largest absolute Gasteiger partial charge is 0.497 e. The minimum Gasteiger partial charge on any atom is -0.497 e. The lowest BCUT2D eigenvalue weighted by molar-refractivity contribution is -0.139. The van der Waals surface area contributed by atoms with Crippen molar-refractivity contribution in [2.24, 2.45) is 11.8 Å². The number of hydrogen-bond donors (Lipinski definition) is 1. The minimum atomic E-state index is -1.12. The van der Waals surface area contributed by atoms with Crippen LogP contribution in [0.4, 0.5) is 4.39 Å². The fourth-order valence-electron chi connectivity index (χ4n) is 5.02. The van der Waals surface area contributed by atoms with Gasteiger partial charge in [-0.05, 0) is 86.5 Å². The summed E-state index contributed by atoms with van der Waals surface area (Å²) >= 11 is 3.68. The summed E-state index contributed by atoms with van der Waals surface area (Å²) in [6.45, 7) is 4.78. The van der Waals surface area contributed by atoms with E-state index in [1.54, 1.807) is 19.4 Å². The third kappa shape index (κ3) is 6.96. The molecule has 188 valence electrons. The average Bonchev–Trinajstić information content (AvgIpc) is 3.27. The lowest BCUT2D eigenvalue weighted by Gasteiger charge is -2.38. The Hall–Kier alpha value is -2.16. The smallest absolute Gasteiger partial charge is 0.303 e. The van der Waals surface area contributed by atoms with Gasteiger partial charge in [0.25, 0.3) is 0 Å². The number of piperidine rings is 1. The van der Waals surface area contributed by atoms with Gasteiger partial charge in [-0.15, -0.1) is 23.1 Å². The maximum atomic E-state index is 15.5. The normalized spacial score (nSPS) is 19.6. The summed E-state index contributed by atoms with van der Waals surface area (Å²) in [5.74, 6) is 1.18. The number of pyridine rings is 1. The molecule has 3 aromatic rings. The number of aryl methyl sites for hydroxylation is 1. The Morgan fingerprint density at radius 1 is 1.31 bits per heavy atom. The van der Waals surface area contributed by atoms with Crippen molar-refractivity contribution < 1.29 is 19.0 Å². The van der Waals surface area contributed by atoms with E-state index in [0.717, 1.165) is 42.7 Å². The molecule has 4 rings (SSSR count). The summed E-state index contributed by atoms with van der Waals surface area (Å²) in [6, 6.07) is 11.6. The zero-order valence-electron chi connectivity index (χ0n) is 20.3. The van der Waals surface area contributed by atoms with Gasteiger partial charge in [-0.25, -0.2) is 4.39 Å². The van der Waals surface area contributed by atoms with Crippen LogP contribution in [-0.4, -0.2) is 53.5 Å². The van der Waals surface area contributed by atoms with Gasteiger partial charge < -0.3 is 14.7 Å². The highest BCUT2D eigenvalue weighted by molar-refractivity contribution is 8.01. The fourth-order valence-corrected chi connectivity index (χ4v) is 7.21. The van der Waals surface area contributed by atoms with Gasteiger partial charge in [0, 0.05) is 41.7 Å². The van der Waals surface area contributed by atoms with Gasteiger partial charge in [0.15, 0.2) is 0 Å². The predicted octanol–water partition coefficient (Wildman–Crippen LogP) is 6.61. The van der Waals surface area contributed by atoms with E-state index in [9.17, 15) is 9.90 Å². The quantitative estimate of drug-likeness (QED) is 0.289. The molecule has 3 atom stereocenters. The van der Waals surface area contributed by atoms with E-state index < -0.39 is 12.1 Å². The van der Waals surface area contributed by atoms with Crippen molar-refractivity contribution in [1.29, 1.82) is 0 Å². The number of carboxylic acid groups (broad SMARTS) is 1. The molecule has 3 heterocycles. The molecule has 1 fully saturated rings. The number of likely N-dealkylation sites (tertiary alicyclic amines) is 1. The van der Waals surface area contributed by atoms with Crippen molar-refractivity contribution >= 4 is 40.0 Å². The highest BCUT2D eigenvalue weighted by Gasteiger charge is 2.31. The second kappa shape index (κ2) is 12.2. The van der Waals surface area contributed by atoms with E-state index >= 15 is 4.39 Å². The number of carboxylic acids is 1. The predicted molar refractivity (Wildman–Crippen MR) is 141 cm³/mol. The van der Waals surface area contributed by atoms with Crippen molar-refractivity contribution in [2.75, 3.05) is 32.5 Å². The number of aromatic nitrogens is 1. The summed E-state index contributed by atoms with van der Waals surface area (Å²) in [5.41, 5.74) is 1.38. The SMILES string of the molecule is COc1ccc2nccc([C@@H](F)CC[C@@H]3CCN(CCSc4ccc(C)s4)C[C@@H]3CC(=O)O)c2c1. The van der Waals surface area contributed by atoms with E-state index in [1.165, 1.54) is 9.09 Å². The van der Waals surface area contributed by atoms with Gasteiger partial charge in [0.1, 0.15) is 11.9 Å². The molecular weight excluding hydrogens is 483 g/mol. The Kier molecular flexibility index (Phi) is 9.03. The number of fused-ring (bicyclic) bond motifs is 1. The molecule has 0 radical (unpaired) electrons. The number of thioether (sulfide) groups is 1. The minimum absolute atomic E-state index is 0.0525. The molecule has 8 heteroatoms. The van der Waals surface area contributed by atoms with Crippen molar-refractivity contribution in [2.45, 2.75) is 43.0 Å². The molecule has 0 aliphatic carbocycles. The van der Waals surface area contributed by atoms with Crippen LogP contribution in [0, 0.1) is 18.8 Å². The average molecular weight is 517 g/mol. The second-order valence-corrected chi connectivity index (χ2v) is 11.9. The molecule has 35 heavy (non-hydrogen) atoms. The lowest BCUT2D eigenvalue weighted by Crippen LogP contribution is -2.42. The number of carbonyl (C=O) groups is 1. The molecule has 1 aliphatic rings. The summed E-state index contributed by atoms with van der Waals surface area (Å²) < 4.78 is 22.1. The molecule has 5 nitrogen and oxygen atoms in total. The first-order valence-corrected chi connectivity index (χ1v) is 13.9. The number of halogens is 1. The number of rotatable bonds is 11. The molecule has 0 saturated carbocycles. The lowest BCUT2D eigenvalue weighted by atomic mass is 9.79. The number of nitrogens with zero attached hydrogens (tertiary/aromatic N) is 2. The number of hydrogen-bond acceptors (Lipinski definition) is 6. The number of methoxy groups -OCH3 is 1. The first-order valence-electron chi connectivity index (χ1n) is 12.1. The van der Waals surface area contributed by atoms with Crippen LogP contribution in [0.5, 0.6) is 5.75 Å². The molecule has 1 aromatic carbocycles. The first kappa shape index (κ1) is 25.9. The Morgan fingerprint density at radius 3 is 2.91 bits per heavy atom. The van der Waals surface area contributed by atoms with Gasteiger partial charge in [-0.2, -0.15) is 0 Å². The van der Waals surface area contributed by atoms with E-state index in [0.29, 0.717) is 24.2 Å². The van der Waals surface area contributed by atoms with Crippen molar-refractivity contribution in [1.82, 2.24) is 9.88 Å². The molecule has 0 bridgehead atoms. The molecule has 1 N–H and O–H groups in total. The number of aliphatic carboxylic acids is 1. The molecule has 1 saturated heterocycles. The zero-order valence-corrected chi connectivity index (χ0v) is 21.9. The zero-order chi connectivity index (χ0) is 24.8. The van der Waals surface area contributed by atoms with Gasteiger partial charge in [-0.3, -0.25) is 9.78 Å². The number of thiophene rings is 1. The second-order valence-electron chi connectivity index (χ2n) is 9.25. The highest BCUT2D eigenvalue weighted by atomic mass is 32.2.